The zero-order chi connectivity index (χ0) is 18.6. The first kappa shape index (κ1) is 16.7. The van der Waals surface area contributed by atoms with Crippen LogP contribution in [0, 0.1) is 17.0 Å². The second-order valence-corrected chi connectivity index (χ2v) is 8.33. The van der Waals surface area contributed by atoms with Crippen LogP contribution in [0.2, 0.25) is 0 Å². The first-order chi connectivity index (χ1) is 13.0. The van der Waals surface area contributed by atoms with Crippen molar-refractivity contribution < 1.29 is 13.5 Å². The number of hydrogen-bond acceptors (Lipinski definition) is 3. The Labute approximate surface area is 156 Å². The molecule has 140 valence electrons. The van der Waals surface area contributed by atoms with E-state index in [4.69, 9.17) is 4.74 Å². The van der Waals surface area contributed by atoms with E-state index < -0.39 is 17.4 Å². The molecule has 6 rings (SSSR count). The number of benzene rings is 1. The van der Waals surface area contributed by atoms with Crippen molar-refractivity contribution in [3.8, 4) is 11.5 Å². The van der Waals surface area contributed by atoms with Crippen molar-refractivity contribution in [2.75, 3.05) is 0 Å². The van der Waals surface area contributed by atoms with Gasteiger partial charge in [0.2, 0.25) is 5.65 Å². The third-order valence-corrected chi connectivity index (χ3v) is 6.63. The molecule has 0 amide bonds. The van der Waals surface area contributed by atoms with E-state index in [1.165, 1.54) is 37.5 Å². The van der Waals surface area contributed by atoms with Crippen LogP contribution in [0.5, 0.6) is 11.5 Å². The first-order valence-electron chi connectivity index (χ1n) is 9.46. The normalized spacial score (nSPS) is 27.2. The van der Waals surface area contributed by atoms with Gasteiger partial charge in [0.05, 0.1) is 0 Å². The molecule has 3 aliphatic carbocycles. The Morgan fingerprint density at radius 3 is 2.26 bits per heavy atom. The summed E-state index contributed by atoms with van der Waals surface area (Å²) in [6.45, 7) is 2.38. The van der Waals surface area contributed by atoms with Crippen molar-refractivity contribution in [1.29, 1.82) is 0 Å². The summed E-state index contributed by atoms with van der Waals surface area (Å²) in [5.74, 6) is -0.658. The van der Waals surface area contributed by atoms with Crippen molar-refractivity contribution >= 4 is 5.65 Å². The van der Waals surface area contributed by atoms with Crippen LogP contribution >= 0.6 is 0 Å². The van der Waals surface area contributed by atoms with Crippen molar-refractivity contribution in [2.24, 2.45) is 5.41 Å². The number of para-hydroxylation sites is 1. The molecular weight excluding hydrogens is 348 g/mol. The van der Waals surface area contributed by atoms with Crippen LogP contribution in [0.1, 0.15) is 51.3 Å². The van der Waals surface area contributed by atoms with Gasteiger partial charge in [-0.2, -0.15) is 0 Å². The third-order valence-electron chi connectivity index (χ3n) is 6.63. The molecule has 0 atom stereocenters. The van der Waals surface area contributed by atoms with Gasteiger partial charge in [-0.3, -0.25) is 4.40 Å². The quantitative estimate of drug-likeness (QED) is 0.619. The minimum absolute atomic E-state index is 0.0407. The molecule has 0 saturated heterocycles. The van der Waals surface area contributed by atoms with Gasteiger partial charge in [-0.25, -0.2) is 8.78 Å². The lowest BCUT2D eigenvalue weighted by molar-refractivity contribution is 0.0501. The van der Waals surface area contributed by atoms with Crippen LogP contribution in [-0.4, -0.2) is 14.6 Å². The Kier molecular flexibility index (Phi) is 3.55. The minimum atomic E-state index is -0.741. The second kappa shape index (κ2) is 5.75. The van der Waals surface area contributed by atoms with Crippen LogP contribution in [-0.2, 0) is 5.41 Å². The summed E-state index contributed by atoms with van der Waals surface area (Å²) in [5.41, 5.74) is 1.00. The smallest absolute Gasteiger partial charge is 0.203 e. The Balaban J connectivity index is 1.56. The highest BCUT2D eigenvalue weighted by Crippen LogP contribution is 2.57. The maximum Gasteiger partial charge on any atom is 0.203 e. The van der Waals surface area contributed by atoms with Gasteiger partial charge in [0.1, 0.15) is 5.82 Å². The fraction of sp³-hybridized carbons (Fsp3) is 0.429. The van der Waals surface area contributed by atoms with Gasteiger partial charge >= 0.3 is 0 Å². The second-order valence-electron chi connectivity index (χ2n) is 8.33. The van der Waals surface area contributed by atoms with Crippen molar-refractivity contribution in [3.05, 3.63) is 54.0 Å². The average molecular weight is 369 g/mol. The largest absolute Gasteiger partial charge is 0.447 e. The summed E-state index contributed by atoms with van der Waals surface area (Å²) in [7, 11) is 0. The van der Waals surface area contributed by atoms with Crippen LogP contribution in [0.3, 0.4) is 0 Å². The zero-order valence-corrected chi connectivity index (χ0v) is 15.2. The number of nitrogens with zero attached hydrogens (tertiary/aromatic N) is 3. The van der Waals surface area contributed by atoms with Gasteiger partial charge < -0.3 is 4.74 Å². The molecule has 3 saturated carbocycles. The number of aromatic nitrogens is 3. The molecule has 3 aromatic rings. The Hall–Kier alpha value is -2.50. The predicted octanol–water partition coefficient (Wildman–Crippen LogP) is 5.41. The Morgan fingerprint density at radius 1 is 0.926 bits per heavy atom. The number of pyridine rings is 1. The van der Waals surface area contributed by atoms with Gasteiger partial charge in [0.25, 0.3) is 0 Å². The summed E-state index contributed by atoms with van der Waals surface area (Å²) in [4.78, 5) is 0. The molecule has 0 N–H and O–H groups in total. The molecule has 4 nitrogen and oxygen atoms in total. The molecule has 0 aliphatic heterocycles. The molecule has 6 heteroatoms. The Morgan fingerprint density at radius 2 is 1.59 bits per heavy atom. The van der Waals surface area contributed by atoms with E-state index in [0.717, 1.165) is 25.1 Å². The molecule has 2 bridgehead atoms. The highest BCUT2D eigenvalue weighted by atomic mass is 19.1. The molecule has 2 heterocycles. The fourth-order valence-electron chi connectivity index (χ4n) is 4.73. The van der Waals surface area contributed by atoms with Gasteiger partial charge in [-0.1, -0.05) is 13.0 Å². The van der Waals surface area contributed by atoms with Gasteiger partial charge in [0, 0.05) is 11.6 Å². The standard InChI is InChI=1S/C21H21F2N3O/c1-20-7-10-21(11-8-20,12-9-20)19-25-24-18-16(6-3-13-26(18)19)27-17-14(22)4-2-5-15(17)23/h2-6,13H,7-12H2,1H3. The lowest BCUT2D eigenvalue weighted by atomic mass is 9.54. The summed E-state index contributed by atoms with van der Waals surface area (Å²) in [6.07, 6.45) is 8.86. The molecule has 1 aromatic carbocycles. The molecule has 3 aliphatic rings. The van der Waals surface area contributed by atoms with Crippen molar-refractivity contribution in [1.82, 2.24) is 14.6 Å². The molecule has 0 unspecified atom stereocenters. The van der Waals surface area contributed by atoms with E-state index >= 15 is 0 Å². The van der Waals surface area contributed by atoms with Gasteiger partial charge in [-0.15, -0.1) is 10.2 Å². The van der Waals surface area contributed by atoms with Crippen LogP contribution in [0.25, 0.3) is 5.65 Å². The van der Waals surface area contributed by atoms with E-state index in [2.05, 4.69) is 17.1 Å². The van der Waals surface area contributed by atoms with Crippen molar-refractivity contribution in [2.45, 2.75) is 50.9 Å². The Bertz CT molecular complexity index is 985. The maximum absolute atomic E-state index is 14.0. The number of rotatable bonds is 3. The highest BCUT2D eigenvalue weighted by Gasteiger charge is 2.49. The SMILES string of the molecule is CC12CCC(c3nnc4c(Oc5c(F)cccc5F)cccn34)(CC1)CC2. The molecular formula is C21H21F2N3O. The van der Waals surface area contributed by atoms with E-state index in [1.54, 1.807) is 12.1 Å². The highest BCUT2D eigenvalue weighted by molar-refractivity contribution is 5.55. The minimum Gasteiger partial charge on any atom is -0.447 e. The van der Waals surface area contributed by atoms with E-state index in [9.17, 15) is 8.78 Å². The third kappa shape index (κ3) is 2.53. The number of halogens is 2. The van der Waals surface area contributed by atoms with E-state index in [0.29, 0.717) is 16.8 Å². The lowest BCUT2D eigenvalue weighted by Crippen LogP contribution is -2.43. The summed E-state index contributed by atoms with van der Waals surface area (Å²) >= 11 is 0. The number of fused-ring (bicyclic) bond motifs is 4. The lowest BCUT2D eigenvalue weighted by Gasteiger charge is -2.51. The predicted molar refractivity (Wildman–Crippen MR) is 96.9 cm³/mol. The molecule has 3 fully saturated rings. The van der Waals surface area contributed by atoms with Crippen molar-refractivity contribution in [3.63, 3.8) is 0 Å². The fourth-order valence-corrected chi connectivity index (χ4v) is 4.73. The molecule has 0 spiro atoms. The molecule has 2 aromatic heterocycles. The van der Waals surface area contributed by atoms with Gasteiger partial charge in [0.15, 0.2) is 23.1 Å². The van der Waals surface area contributed by atoms with E-state index in [-0.39, 0.29) is 5.41 Å². The summed E-state index contributed by atoms with van der Waals surface area (Å²) in [5, 5.41) is 8.82. The van der Waals surface area contributed by atoms with Gasteiger partial charge in [-0.05, 0) is 68.2 Å². The number of ether oxygens (including phenoxy) is 1. The number of hydrogen-bond donors (Lipinski definition) is 0. The molecule has 0 radical (unpaired) electrons. The zero-order valence-electron chi connectivity index (χ0n) is 15.2. The first-order valence-corrected chi connectivity index (χ1v) is 9.46. The van der Waals surface area contributed by atoms with Crippen LogP contribution in [0.4, 0.5) is 8.78 Å². The van der Waals surface area contributed by atoms with Crippen LogP contribution < -0.4 is 4.74 Å². The van der Waals surface area contributed by atoms with Crippen LogP contribution in [0.15, 0.2) is 36.5 Å². The average Bonchev–Trinajstić information content (AvgIpc) is 3.12. The summed E-state index contributed by atoms with van der Waals surface area (Å²) in [6, 6.07) is 7.13. The monoisotopic (exact) mass is 369 g/mol. The maximum atomic E-state index is 14.0. The summed E-state index contributed by atoms with van der Waals surface area (Å²) < 4.78 is 35.5. The topological polar surface area (TPSA) is 39.4 Å². The molecule has 27 heavy (non-hydrogen) atoms. The van der Waals surface area contributed by atoms with E-state index in [1.807, 2.05) is 10.6 Å².